The van der Waals surface area contributed by atoms with Crippen LogP contribution in [0, 0.1) is 0 Å². The summed E-state index contributed by atoms with van der Waals surface area (Å²) >= 11 is 1.24. The minimum Gasteiger partial charge on any atom is -0.493 e. The molecule has 0 amide bonds. The molecule has 1 aromatic heterocycles. The van der Waals surface area contributed by atoms with Crippen molar-refractivity contribution in [1.82, 2.24) is 4.57 Å². The highest BCUT2D eigenvalue weighted by atomic mass is 32.1. The largest absolute Gasteiger partial charge is 0.493 e. The van der Waals surface area contributed by atoms with Gasteiger partial charge in [0.15, 0.2) is 16.3 Å². The Kier molecular flexibility index (Phi) is 7.97. The Balaban J connectivity index is 1.88. The predicted molar refractivity (Wildman–Crippen MR) is 145 cm³/mol. The highest BCUT2D eigenvalue weighted by molar-refractivity contribution is 7.07. The van der Waals surface area contributed by atoms with Gasteiger partial charge in [-0.25, -0.2) is 9.79 Å². The molecule has 0 N–H and O–H groups in total. The quantitative estimate of drug-likeness (QED) is 0.338. The fourth-order valence-corrected chi connectivity index (χ4v) is 5.38. The van der Waals surface area contributed by atoms with E-state index in [0.717, 1.165) is 11.1 Å². The second-order valence-electron chi connectivity index (χ2n) is 9.13. The summed E-state index contributed by atoms with van der Waals surface area (Å²) in [6, 6.07) is 12.3. The van der Waals surface area contributed by atoms with E-state index in [2.05, 4.69) is 18.8 Å². The zero-order valence-electron chi connectivity index (χ0n) is 22.2. The van der Waals surface area contributed by atoms with Crippen LogP contribution < -0.4 is 24.4 Å². The van der Waals surface area contributed by atoms with E-state index in [-0.39, 0.29) is 17.9 Å². The number of hydrogen-bond donors (Lipinski definition) is 0. The number of esters is 2. The van der Waals surface area contributed by atoms with Crippen LogP contribution in [0.15, 0.2) is 63.5 Å². The molecule has 1 aliphatic heterocycles. The lowest BCUT2D eigenvalue weighted by Crippen LogP contribution is -2.39. The Labute approximate surface area is 224 Å². The van der Waals surface area contributed by atoms with E-state index < -0.39 is 18.0 Å². The molecule has 2 heterocycles. The Morgan fingerprint density at radius 2 is 1.84 bits per heavy atom. The molecule has 0 aliphatic carbocycles. The first-order valence-corrected chi connectivity index (χ1v) is 13.1. The van der Waals surface area contributed by atoms with Crippen LogP contribution in [0.1, 0.15) is 63.3 Å². The Hall–Kier alpha value is -3.98. The van der Waals surface area contributed by atoms with Gasteiger partial charge in [0, 0.05) is 6.92 Å². The van der Waals surface area contributed by atoms with E-state index in [1.165, 1.54) is 25.4 Å². The summed E-state index contributed by atoms with van der Waals surface area (Å²) < 4.78 is 17.9. The molecule has 0 spiro atoms. The first kappa shape index (κ1) is 27.1. The molecular weight excluding hydrogens is 504 g/mol. The summed E-state index contributed by atoms with van der Waals surface area (Å²) in [5, 5.41) is 0. The minimum absolute atomic E-state index is 0.213. The van der Waals surface area contributed by atoms with Crippen molar-refractivity contribution in [2.24, 2.45) is 4.99 Å². The molecule has 4 rings (SSSR count). The van der Waals surface area contributed by atoms with Crippen LogP contribution in [0.3, 0.4) is 0 Å². The van der Waals surface area contributed by atoms with Gasteiger partial charge in [0.05, 0.1) is 35.6 Å². The summed E-state index contributed by atoms with van der Waals surface area (Å²) in [6.07, 6.45) is 1.73. The third-order valence-electron chi connectivity index (χ3n) is 6.18. The predicted octanol–water partition coefficient (Wildman–Crippen LogP) is 3.86. The van der Waals surface area contributed by atoms with Crippen molar-refractivity contribution >= 4 is 29.4 Å². The number of carbonyl (C=O) groups is 2. The van der Waals surface area contributed by atoms with Crippen molar-refractivity contribution in [3.8, 4) is 11.5 Å². The lowest BCUT2D eigenvalue weighted by Gasteiger charge is -2.25. The Morgan fingerprint density at radius 1 is 1.13 bits per heavy atom. The Morgan fingerprint density at radius 3 is 2.45 bits per heavy atom. The molecule has 2 aromatic carbocycles. The summed E-state index contributed by atoms with van der Waals surface area (Å²) in [4.78, 5) is 43.3. The smallest absolute Gasteiger partial charge is 0.338 e. The molecule has 1 atom stereocenters. The van der Waals surface area contributed by atoms with E-state index in [0.29, 0.717) is 37.8 Å². The maximum absolute atomic E-state index is 13.8. The van der Waals surface area contributed by atoms with Gasteiger partial charge in [-0.15, -0.1) is 0 Å². The molecule has 0 fully saturated rings. The van der Waals surface area contributed by atoms with Gasteiger partial charge in [-0.05, 0) is 54.7 Å². The van der Waals surface area contributed by atoms with Gasteiger partial charge in [0.1, 0.15) is 0 Å². The number of rotatable bonds is 7. The molecule has 3 aromatic rings. The van der Waals surface area contributed by atoms with Crippen molar-refractivity contribution in [2.45, 2.75) is 46.6 Å². The molecule has 0 bridgehead atoms. The average Bonchev–Trinajstić information content (AvgIpc) is 3.18. The van der Waals surface area contributed by atoms with E-state index in [1.807, 2.05) is 24.3 Å². The first-order chi connectivity index (χ1) is 18.1. The molecule has 0 radical (unpaired) electrons. The molecule has 0 unspecified atom stereocenters. The monoisotopic (exact) mass is 534 g/mol. The van der Waals surface area contributed by atoms with Crippen LogP contribution in [0.4, 0.5) is 0 Å². The van der Waals surface area contributed by atoms with Crippen LogP contribution in [-0.4, -0.2) is 30.2 Å². The van der Waals surface area contributed by atoms with E-state index in [4.69, 9.17) is 14.2 Å². The third-order valence-corrected chi connectivity index (χ3v) is 7.16. The highest BCUT2D eigenvalue weighted by Gasteiger charge is 2.33. The number of thiazole rings is 1. The van der Waals surface area contributed by atoms with E-state index in [9.17, 15) is 14.4 Å². The van der Waals surface area contributed by atoms with Crippen molar-refractivity contribution in [2.75, 3.05) is 13.7 Å². The summed E-state index contributed by atoms with van der Waals surface area (Å²) in [5.74, 6) is 0.0471. The maximum Gasteiger partial charge on any atom is 0.338 e. The molecule has 9 heteroatoms. The number of ether oxygens (including phenoxy) is 3. The number of hydrogen-bond acceptors (Lipinski definition) is 8. The number of carbonyl (C=O) groups excluding carboxylic acids is 2. The van der Waals surface area contributed by atoms with Crippen LogP contribution in [0.25, 0.3) is 6.08 Å². The molecule has 8 nitrogen and oxygen atoms in total. The van der Waals surface area contributed by atoms with Crippen molar-refractivity contribution in [1.29, 1.82) is 0 Å². The van der Waals surface area contributed by atoms with Crippen LogP contribution in [0.2, 0.25) is 0 Å². The summed E-state index contributed by atoms with van der Waals surface area (Å²) in [5.41, 5.74) is 3.22. The molecule has 0 saturated heterocycles. The number of benzene rings is 2. The maximum atomic E-state index is 13.8. The van der Waals surface area contributed by atoms with E-state index in [1.54, 1.807) is 42.7 Å². The van der Waals surface area contributed by atoms with Gasteiger partial charge in [0.2, 0.25) is 0 Å². The third kappa shape index (κ3) is 5.33. The topological polar surface area (TPSA) is 96.2 Å². The van der Waals surface area contributed by atoms with Crippen molar-refractivity contribution < 1.29 is 23.8 Å². The molecular formula is C29H30N2O6S. The number of aromatic nitrogens is 1. The lowest BCUT2D eigenvalue weighted by molar-refractivity contribution is -0.139. The van der Waals surface area contributed by atoms with E-state index >= 15 is 0 Å². The first-order valence-electron chi connectivity index (χ1n) is 12.3. The highest BCUT2D eigenvalue weighted by Crippen LogP contribution is 2.32. The molecule has 0 saturated carbocycles. The zero-order chi connectivity index (χ0) is 27.6. The normalized spacial score (nSPS) is 15.2. The second-order valence-corrected chi connectivity index (χ2v) is 10.1. The van der Waals surface area contributed by atoms with Gasteiger partial charge in [-0.3, -0.25) is 14.2 Å². The number of fused-ring (bicyclic) bond motifs is 1. The van der Waals surface area contributed by atoms with Crippen molar-refractivity contribution in [3.05, 3.63) is 90.1 Å². The summed E-state index contributed by atoms with van der Waals surface area (Å²) in [7, 11) is 1.48. The number of methoxy groups -OCH3 is 1. The van der Waals surface area contributed by atoms with Crippen LogP contribution in [-0.2, 0) is 14.3 Å². The van der Waals surface area contributed by atoms with Gasteiger partial charge >= 0.3 is 11.9 Å². The van der Waals surface area contributed by atoms with Gasteiger partial charge < -0.3 is 14.2 Å². The van der Waals surface area contributed by atoms with Gasteiger partial charge in [-0.1, -0.05) is 55.5 Å². The molecule has 1 aliphatic rings. The fourth-order valence-electron chi connectivity index (χ4n) is 4.33. The average molecular weight is 535 g/mol. The summed E-state index contributed by atoms with van der Waals surface area (Å²) in [6.45, 7) is 9.26. The SMILES string of the molecule is CCOC(=O)C1=C(C)N=c2s/c(=C\c3ccc(OC(C)=O)c(OC)c3)c(=O)n2[C@H]1c1ccc(C(C)C)cc1. The van der Waals surface area contributed by atoms with Crippen LogP contribution >= 0.6 is 11.3 Å². The molecule has 198 valence electrons. The fraction of sp³-hybridized carbons (Fsp3) is 0.310. The van der Waals surface area contributed by atoms with Crippen LogP contribution in [0.5, 0.6) is 11.5 Å². The number of allylic oxidation sites excluding steroid dienone is 1. The lowest BCUT2D eigenvalue weighted by atomic mass is 9.93. The zero-order valence-corrected chi connectivity index (χ0v) is 23.0. The van der Waals surface area contributed by atoms with Gasteiger partial charge in [0.25, 0.3) is 5.56 Å². The van der Waals surface area contributed by atoms with Crippen molar-refractivity contribution in [3.63, 3.8) is 0 Å². The molecule has 38 heavy (non-hydrogen) atoms. The second kappa shape index (κ2) is 11.2. The standard InChI is InChI=1S/C29H30N2O6S/c1-7-36-28(34)25-17(4)30-29-31(26(25)21-11-9-20(10-12-21)16(2)3)27(33)24(38-29)15-19-8-13-22(37-18(5)32)23(14-19)35-6/h8-16,26H,7H2,1-6H3/b24-15-/t26-/m0/s1. The van der Waals surface area contributed by atoms with Gasteiger partial charge in [-0.2, -0.15) is 0 Å². The Bertz CT molecular complexity index is 1600. The minimum atomic E-state index is -0.672. The number of nitrogens with zero attached hydrogens (tertiary/aromatic N) is 2.